The van der Waals surface area contributed by atoms with Crippen LogP contribution in [0, 0.1) is 0 Å². The van der Waals surface area contributed by atoms with Crippen LogP contribution in [0.25, 0.3) is 0 Å². The number of anilines is 2. The molecule has 0 atom stereocenters. The topological polar surface area (TPSA) is 71.1 Å². The number of hydrogen-bond acceptors (Lipinski definition) is 5. The Morgan fingerprint density at radius 1 is 0.963 bits per heavy atom. The van der Waals surface area contributed by atoms with Gasteiger partial charge in [0.25, 0.3) is 5.91 Å². The quantitative estimate of drug-likeness (QED) is 0.791. The van der Waals surface area contributed by atoms with Gasteiger partial charge in [-0.05, 0) is 42.5 Å². The average molecular weight is 369 g/mol. The number of nitrogens with one attached hydrogen (secondary N) is 1. The number of piperazine rings is 1. The van der Waals surface area contributed by atoms with Crippen molar-refractivity contribution in [3.05, 3.63) is 48.0 Å². The van der Waals surface area contributed by atoms with E-state index in [0.717, 1.165) is 38.3 Å². The first kappa shape index (κ1) is 18.6. The molecule has 27 heavy (non-hydrogen) atoms. The normalized spacial score (nSPS) is 13.9. The third-order valence-electron chi connectivity index (χ3n) is 4.60. The van der Waals surface area contributed by atoms with Gasteiger partial charge in [0.2, 0.25) is 6.41 Å². The Bertz CT molecular complexity index is 799. The fourth-order valence-electron chi connectivity index (χ4n) is 3.02. The van der Waals surface area contributed by atoms with E-state index in [4.69, 9.17) is 9.47 Å². The maximum Gasteiger partial charge on any atom is 0.255 e. The minimum Gasteiger partial charge on any atom is -0.493 e. The van der Waals surface area contributed by atoms with E-state index in [9.17, 15) is 9.59 Å². The zero-order valence-corrected chi connectivity index (χ0v) is 15.5. The molecule has 0 unspecified atom stereocenters. The summed E-state index contributed by atoms with van der Waals surface area (Å²) in [5.74, 6) is 0.867. The molecule has 142 valence electrons. The first-order valence-electron chi connectivity index (χ1n) is 8.72. The van der Waals surface area contributed by atoms with Crippen LogP contribution in [0.2, 0.25) is 0 Å². The minimum absolute atomic E-state index is 0.219. The van der Waals surface area contributed by atoms with Crippen molar-refractivity contribution >= 4 is 23.7 Å². The van der Waals surface area contributed by atoms with Gasteiger partial charge in [0.1, 0.15) is 0 Å². The number of carbonyl (C=O) groups excluding carboxylic acids is 2. The van der Waals surface area contributed by atoms with Crippen LogP contribution >= 0.6 is 0 Å². The molecule has 1 aliphatic rings. The SMILES string of the molecule is COc1ccc(C(=O)Nc2ccc(N3CCN(C=O)CC3)cc2)cc1OC. The van der Waals surface area contributed by atoms with Gasteiger partial charge in [0.05, 0.1) is 14.2 Å². The molecule has 1 aliphatic heterocycles. The van der Waals surface area contributed by atoms with Crippen molar-refractivity contribution < 1.29 is 19.1 Å². The maximum absolute atomic E-state index is 12.5. The summed E-state index contributed by atoms with van der Waals surface area (Å²) in [6.07, 6.45) is 0.893. The van der Waals surface area contributed by atoms with E-state index in [1.165, 1.54) is 7.11 Å². The van der Waals surface area contributed by atoms with Gasteiger partial charge in [-0.3, -0.25) is 9.59 Å². The number of nitrogens with zero attached hydrogens (tertiary/aromatic N) is 2. The summed E-state index contributed by atoms with van der Waals surface area (Å²) in [5, 5.41) is 2.88. The molecule has 3 rings (SSSR count). The van der Waals surface area contributed by atoms with E-state index in [1.807, 2.05) is 24.3 Å². The van der Waals surface area contributed by atoms with Gasteiger partial charge in [-0.25, -0.2) is 0 Å². The number of methoxy groups -OCH3 is 2. The van der Waals surface area contributed by atoms with Crippen molar-refractivity contribution in [1.29, 1.82) is 0 Å². The van der Waals surface area contributed by atoms with Crippen molar-refractivity contribution in [2.75, 3.05) is 50.6 Å². The molecule has 0 saturated carbocycles. The molecule has 2 aromatic rings. The Morgan fingerprint density at radius 3 is 2.22 bits per heavy atom. The van der Waals surface area contributed by atoms with Crippen LogP contribution in [0.4, 0.5) is 11.4 Å². The van der Waals surface area contributed by atoms with Gasteiger partial charge in [0, 0.05) is 43.1 Å². The van der Waals surface area contributed by atoms with Gasteiger partial charge >= 0.3 is 0 Å². The summed E-state index contributed by atoms with van der Waals surface area (Å²) >= 11 is 0. The van der Waals surface area contributed by atoms with Gasteiger partial charge in [-0.15, -0.1) is 0 Å². The summed E-state index contributed by atoms with van der Waals surface area (Å²) in [4.78, 5) is 27.3. The van der Waals surface area contributed by atoms with Gasteiger partial charge in [-0.2, -0.15) is 0 Å². The van der Waals surface area contributed by atoms with Crippen LogP contribution in [0.15, 0.2) is 42.5 Å². The highest BCUT2D eigenvalue weighted by molar-refractivity contribution is 6.04. The molecule has 2 aromatic carbocycles. The molecule has 1 N–H and O–H groups in total. The molecule has 1 fully saturated rings. The first-order chi connectivity index (χ1) is 13.1. The van der Waals surface area contributed by atoms with Gasteiger partial charge < -0.3 is 24.6 Å². The third kappa shape index (κ3) is 4.31. The predicted molar refractivity (Wildman–Crippen MR) is 104 cm³/mol. The van der Waals surface area contributed by atoms with Crippen molar-refractivity contribution in [3.63, 3.8) is 0 Å². The lowest BCUT2D eigenvalue weighted by Gasteiger charge is -2.34. The third-order valence-corrected chi connectivity index (χ3v) is 4.60. The van der Waals surface area contributed by atoms with Crippen LogP contribution in [-0.2, 0) is 4.79 Å². The zero-order valence-electron chi connectivity index (χ0n) is 15.5. The van der Waals surface area contributed by atoms with E-state index in [0.29, 0.717) is 22.7 Å². The highest BCUT2D eigenvalue weighted by atomic mass is 16.5. The first-order valence-corrected chi connectivity index (χ1v) is 8.72. The van der Waals surface area contributed by atoms with E-state index < -0.39 is 0 Å². The van der Waals surface area contributed by atoms with Crippen LogP contribution in [0.3, 0.4) is 0 Å². The molecular formula is C20H23N3O4. The summed E-state index contributed by atoms with van der Waals surface area (Å²) in [5.41, 5.74) is 2.27. The fourth-order valence-corrected chi connectivity index (χ4v) is 3.02. The zero-order chi connectivity index (χ0) is 19.2. The number of carbonyl (C=O) groups is 2. The summed E-state index contributed by atoms with van der Waals surface area (Å²) in [7, 11) is 3.09. The lowest BCUT2D eigenvalue weighted by Crippen LogP contribution is -2.45. The Morgan fingerprint density at radius 2 is 1.63 bits per heavy atom. The molecule has 0 aliphatic carbocycles. The van der Waals surface area contributed by atoms with Crippen molar-refractivity contribution in [2.45, 2.75) is 0 Å². The van der Waals surface area contributed by atoms with Crippen LogP contribution in [0.5, 0.6) is 11.5 Å². The largest absolute Gasteiger partial charge is 0.493 e. The van der Waals surface area contributed by atoms with Gasteiger partial charge in [0.15, 0.2) is 11.5 Å². The van der Waals surface area contributed by atoms with Crippen molar-refractivity contribution in [1.82, 2.24) is 4.90 Å². The fraction of sp³-hybridized carbons (Fsp3) is 0.300. The molecule has 1 saturated heterocycles. The molecule has 0 bridgehead atoms. The molecule has 0 aromatic heterocycles. The van der Waals surface area contributed by atoms with Gasteiger partial charge in [-0.1, -0.05) is 0 Å². The van der Waals surface area contributed by atoms with Crippen molar-refractivity contribution in [3.8, 4) is 11.5 Å². The van der Waals surface area contributed by atoms with Crippen LogP contribution in [0.1, 0.15) is 10.4 Å². The molecule has 7 heteroatoms. The second kappa shape index (κ2) is 8.44. The number of amides is 2. The standard InChI is InChI=1S/C20H23N3O4/c1-26-18-8-3-15(13-19(18)27-2)20(25)21-16-4-6-17(7-5-16)23-11-9-22(14-24)10-12-23/h3-8,13-14H,9-12H2,1-2H3,(H,21,25). The molecule has 2 amide bonds. The van der Waals surface area contributed by atoms with E-state index in [2.05, 4.69) is 10.2 Å². The highest BCUT2D eigenvalue weighted by Gasteiger charge is 2.16. The number of hydrogen-bond donors (Lipinski definition) is 1. The monoisotopic (exact) mass is 369 g/mol. The lowest BCUT2D eigenvalue weighted by atomic mass is 10.1. The second-order valence-corrected chi connectivity index (χ2v) is 6.20. The number of rotatable bonds is 6. The maximum atomic E-state index is 12.5. The van der Waals surface area contributed by atoms with Crippen molar-refractivity contribution in [2.24, 2.45) is 0 Å². The van der Waals surface area contributed by atoms with Crippen LogP contribution < -0.4 is 19.7 Å². The molecule has 7 nitrogen and oxygen atoms in total. The highest BCUT2D eigenvalue weighted by Crippen LogP contribution is 2.28. The molecule has 1 heterocycles. The summed E-state index contributed by atoms with van der Waals surface area (Å²) in [6.45, 7) is 3.05. The van der Waals surface area contributed by atoms with E-state index in [1.54, 1.807) is 30.2 Å². The number of ether oxygens (including phenoxy) is 2. The van der Waals surface area contributed by atoms with E-state index in [-0.39, 0.29) is 5.91 Å². The second-order valence-electron chi connectivity index (χ2n) is 6.20. The van der Waals surface area contributed by atoms with E-state index >= 15 is 0 Å². The summed E-state index contributed by atoms with van der Waals surface area (Å²) in [6, 6.07) is 12.7. The Labute approximate surface area is 158 Å². The number of benzene rings is 2. The molecule has 0 radical (unpaired) electrons. The smallest absolute Gasteiger partial charge is 0.255 e. The average Bonchev–Trinajstić information content (AvgIpc) is 2.73. The lowest BCUT2D eigenvalue weighted by molar-refractivity contribution is -0.118. The Balaban J connectivity index is 1.64. The van der Waals surface area contributed by atoms with Crippen LogP contribution in [-0.4, -0.2) is 57.6 Å². The molecular weight excluding hydrogens is 346 g/mol. The molecule has 0 spiro atoms. The Kier molecular flexibility index (Phi) is 5.80. The minimum atomic E-state index is -0.219. The predicted octanol–water partition coefficient (Wildman–Crippen LogP) is 2.23. The Hall–Kier alpha value is -3.22. The summed E-state index contributed by atoms with van der Waals surface area (Å²) < 4.78 is 10.4.